The van der Waals surface area contributed by atoms with Gasteiger partial charge in [-0.2, -0.15) is 13.2 Å². The van der Waals surface area contributed by atoms with Gasteiger partial charge in [0.05, 0.1) is 6.61 Å². The van der Waals surface area contributed by atoms with Crippen molar-refractivity contribution in [3.8, 4) is 5.75 Å². The lowest BCUT2D eigenvalue weighted by molar-refractivity contribution is -0.266. The highest BCUT2D eigenvalue weighted by atomic mass is 19.4. The SMILES string of the molecule is Cc1c[nH]c(CC(O)(CC(C)(C)c2cccc3c2OCC3)C(F)(F)F)c(C)c1=O. The number of halogens is 3. The Balaban J connectivity index is 2.01. The first-order chi connectivity index (χ1) is 13.4. The van der Waals surface area contributed by atoms with Crippen LogP contribution in [0.3, 0.4) is 0 Å². The molecule has 1 aliphatic heterocycles. The van der Waals surface area contributed by atoms with E-state index in [2.05, 4.69) is 4.98 Å². The highest BCUT2D eigenvalue weighted by Crippen LogP contribution is 2.46. The molecule has 2 heterocycles. The molecular formula is C22H26F3NO3. The summed E-state index contributed by atoms with van der Waals surface area (Å²) in [5.41, 5.74) is -2.05. The third-order valence-corrected chi connectivity index (χ3v) is 5.79. The number of aryl methyl sites for hydroxylation is 1. The van der Waals surface area contributed by atoms with Crippen molar-refractivity contribution < 1.29 is 23.0 Å². The number of aliphatic hydroxyl groups is 1. The molecule has 0 spiro atoms. The highest BCUT2D eigenvalue weighted by molar-refractivity contribution is 5.47. The molecule has 1 aromatic carbocycles. The molecule has 0 aliphatic carbocycles. The van der Waals surface area contributed by atoms with Crippen LogP contribution in [0.25, 0.3) is 0 Å². The van der Waals surface area contributed by atoms with Gasteiger partial charge in [-0.15, -0.1) is 0 Å². The van der Waals surface area contributed by atoms with Crippen LogP contribution in [0.4, 0.5) is 13.2 Å². The lowest BCUT2D eigenvalue weighted by atomic mass is 9.72. The van der Waals surface area contributed by atoms with Gasteiger partial charge >= 0.3 is 6.18 Å². The monoisotopic (exact) mass is 409 g/mol. The molecule has 0 fully saturated rings. The predicted molar refractivity (Wildman–Crippen MR) is 105 cm³/mol. The molecule has 1 unspecified atom stereocenters. The maximum atomic E-state index is 14.0. The molecular weight excluding hydrogens is 383 g/mol. The summed E-state index contributed by atoms with van der Waals surface area (Å²) in [6.07, 6.45) is -4.08. The van der Waals surface area contributed by atoms with Gasteiger partial charge in [-0.05, 0) is 31.2 Å². The summed E-state index contributed by atoms with van der Waals surface area (Å²) in [7, 11) is 0. The topological polar surface area (TPSA) is 62.3 Å². The van der Waals surface area contributed by atoms with Gasteiger partial charge in [0, 0.05) is 41.4 Å². The van der Waals surface area contributed by atoms with E-state index in [1.807, 2.05) is 6.07 Å². The van der Waals surface area contributed by atoms with Crippen LogP contribution in [-0.4, -0.2) is 28.5 Å². The molecule has 1 aromatic heterocycles. The van der Waals surface area contributed by atoms with E-state index in [-0.39, 0.29) is 16.7 Å². The molecule has 3 rings (SSSR count). The van der Waals surface area contributed by atoms with Gasteiger partial charge in [-0.3, -0.25) is 4.79 Å². The number of H-pyrrole nitrogens is 1. The molecule has 0 saturated heterocycles. The molecule has 0 radical (unpaired) electrons. The van der Waals surface area contributed by atoms with Crippen molar-refractivity contribution in [2.75, 3.05) is 6.61 Å². The zero-order valence-corrected chi connectivity index (χ0v) is 17.0. The number of fused-ring (bicyclic) bond motifs is 1. The lowest BCUT2D eigenvalue weighted by Crippen LogP contribution is -2.51. The maximum absolute atomic E-state index is 14.0. The second-order valence-electron chi connectivity index (χ2n) is 8.56. The number of aromatic nitrogens is 1. The maximum Gasteiger partial charge on any atom is 0.417 e. The fourth-order valence-corrected chi connectivity index (χ4v) is 4.12. The minimum Gasteiger partial charge on any atom is -0.493 e. The number of nitrogens with one attached hydrogen (secondary N) is 1. The average Bonchev–Trinajstić information content (AvgIpc) is 3.09. The van der Waals surface area contributed by atoms with Crippen molar-refractivity contribution >= 4 is 0 Å². The number of para-hydroxylation sites is 1. The fourth-order valence-electron chi connectivity index (χ4n) is 4.12. The molecule has 0 saturated carbocycles. The van der Waals surface area contributed by atoms with Gasteiger partial charge in [0.25, 0.3) is 0 Å². The van der Waals surface area contributed by atoms with E-state index in [1.54, 1.807) is 32.9 Å². The number of hydrogen-bond donors (Lipinski definition) is 2. The fraction of sp³-hybridized carbons (Fsp3) is 0.500. The van der Waals surface area contributed by atoms with E-state index in [1.165, 1.54) is 13.1 Å². The number of aromatic amines is 1. The van der Waals surface area contributed by atoms with Crippen molar-refractivity contribution in [3.05, 3.63) is 62.6 Å². The zero-order chi connectivity index (χ0) is 21.6. The van der Waals surface area contributed by atoms with E-state index >= 15 is 0 Å². The van der Waals surface area contributed by atoms with Gasteiger partial charge < -0.3 is 14.8 Å². The Hall–Kier alpha value is -2.28. The van der Waals surface area contributed by atoms with Gasteiger partial charge in [-0.25, -0.2) is 0 Å². The van der Waals surface area contributed by atoms with Gasteiger partial charge in [0.1, 0.15) is 5.75 Å². The van der Waals surface area contributed by atoms with Crippen LogP contribution >= 0.6 is 0 Å². The molecule has 29 heavy (non-hydrogen) atoms. The lowest BCUT2D eigenvalue weighted by Gasteiger charge is -2.38. The van der Waals surface area contributed by atoms with Crippen molar-refractivity contribution in [1.29, 1.82) is 0 Å². The van der Waals surface area contributed by atoms with E-state index in [0.717, 1.165) is 5.56 Å². The summed E-state index contributed by atoms with van der Waals surface area (Å²) < 4.78 is 47.8. The summed E-state index contributed by atoms with van der Waals surface area (Å²) in [5.74, 6) is 0.613. The Bertz CT molecular complexity index is 978. The van der Waals surface area contributed by atoms with E-state index in [4.69, 9.17) is 4.74 Å². The third-order valence-electron chi connectivity index (χ3n) is 5.79. The van der Waals surface area contributed by atoms with Gasteiger partial charge in [0.2, 0.25) is 0 Å². The molecule has 2 aromatic rings. The summed E-state index contributed by atoms with van der Waals surface area (Å²) >= 11 is 0. The van der Waals surface area contributed by atoms with E-state index < -0.39 is 30.0 Å². The van der Waals surface area contributed by atoms with Crippen LogP contribution in [0.1, 0.15) is 48.2 Å². The summed E-state index contributed by atoms with van der Waals surface area (Å²) in [5, 5.41) is 10.8. The first kappa shape index (κ1) is 21.4. The second-order valence-corrected chi connectivity index (χ2v) is 8.56. The normalized spacial score (nSPS) is 16.3. The van der Waals surface area contributed by atoms with Crippen LogP contribution in [-0.2, 0) is 18.3 Å². The third kappa shape index (κ3) is 3.92. The van der Waals surface area contributed by atoms with Crippen LogP contribution < -0.4 is 10.2 Å². The molecule has 1 atom stereocenters. The first-order valence-corrected chi connectivity index (χ1v) is 9.58. The molecule has 1 aliphatic rings. The summed E-state index contributed by atoms with van der Waals surface area (Å²) in [6, 6.07) is 5.46. The largest absolute Gasteiger partial charge is 0.493 e. The zero-order valence-electron chi connectivity index (χ0n) is 17.0. The standard InChI is InChI=1S/C22H26F3NO3/c1-13-11-26-17(14(2)18(13)27)10-21(28,22(23,24)25)12-20(3,4)16-7-5-6-15-8-9-29-19(15)16/h5-7,11,28H,8-10,12H2,1-4H3,(H,26,27). The Morgan fingerprint density at radius 2 is 1.90 bits per heavy atom. The smallest absolute Gasteiger partial charge is 0.417 e. The predicted octanol–water partition coefficient (Wildman–Crippen LogP) is 4.13. The molecule has 0 bridgehead atoms. The number of ether oxygens (including phenoxy) is 1. The molecule has 158 valence electrons. The van der Waals surface area contributed by atoms with Crippen molar-refractivity contribution in [2.24, 2.45) is 0 Å². The van der Waals surface area contributed by atoms with Crippen molar-refractivity contribution in [1.82, 2.24) is 4.98 Å². The first-order valence-electron chi connectivity index (χ1n) is 9.58. The van der Waals surface area contributed by atoms with Gasteiger partial charge in [0.15, 0.2) is 11.0 Å². The number of benzene rings is 1. The molecule has 0 amide bonds. The summed E-state index contributed by atoms with van der Waals surface area (Å²) in [6.45, 7) is 6.90. The number of alkyl halides is 3. The Kier molecular flexibility index (Phi) is 5.32. The van der Waals surface area contributed by atoms with Crippen LogP contribution in [0, 0.1) is 13.8 Å². The molecule has 7 heteroatoms. The Morgan fingerprint density at radius 3 is 2.55 bits per heavy atom. The van der Waals surface area contributed by atoms with Crippen LogP contribution in [0.5, 0.6) is 5.75 Å². The molecule has 2 N–H and O–H groups in total. The van der Waals surface area contributed by atoms with Crippen LogP contribution in [0.2, 0.25) is 0 Å². The average molecular weight is 409 g/mol. The Labute approximate surface area is 167 Å². The van der Waals surface area contributed by atoms with Crippen LogP contribution in [0.15, 0.2) is 29.2 Å². The van der Waals surface area contributed by atoms with Crippen molar-refractivity contribution in [2.45, 2.75) is 64.1 Å². The van der Waals surface area contributed by atoms with E-state index in [0.29, 0.717) is 29.9 Å². The van der Waals surface area contributed by atoms with E-state index in [9.17, 15) is 23.1 Å². The van der Waals surface area contributed by atoms with Gasteiger partial charge in [-0.1, -0.05) is 32.0 Å². The number of rotatable bonds is 5. The second kappa shape index (κ2) is 7.20. The number of pyridine rings is 1. The number of hydrogen-bond acceptors (Lipinski definition) is 3. The Morgan fingerprint density at radius 1 is 1.21 bits per heavy atom. The van der Waals surface area contributed by atoms with Crippen molar-refractivity contribution in [3.63, 3.8) is 0 Å². The quantitative estimate of drug-likeness (QED) is 0.781. The molecule has 4 nitrogen and oxygen atoms in total. The minimum absolute atomic E-state index is 0.0887. The summed E-state index contributed by atoms with van der Waals surface area (Å²) in [4.78, 5) is 14.9. The highest BCUT2D eigenvalue weighted by Gasteiger charge is 2.56. The minimum atomic E-state index is -4.88.